The minimum atomic E-state index is -3.77. The summed E-state index contributed by atoms with van der Waals surface area (Å²) in [5.41, 5.74) is -0.152. The number of esters is 1. The topological polar surface area (TPSA) is 72.5 Å². The number of hydrogen-bond acceptors (Lipinski definition) is 6. The molecule has 8 heteroatoms. The van der Waals surface area contributed by atoms with E-state index in [9.17, 15) is 13.2 Å². The Kier molecular flexibility index (Phi) is 5.62. The molecule has 0 unspecified atom stereocenters. The van der Waals surface area contributed by atoms with Crippen molar-refractivity contribution in [1.29, 1.82) is 0 Å². The van der Waals surface area contributed by atoms with Gasteiger partial charge in [0, 0.05) is 16.8 Å². The Labute approximate surface area is 156 Å². The first-order chi connectivity index (χ1) is 12.0. The molecule has 1 saturated carbocycles. The van der Waals surface area contributed by atoms with Gasteiger partial charge in [0.05, 0.1) is 7.11 Å². The molecule has 25 heavy (non-hydrogen) atoms. The summed E-state index contributed by atoms with van der Waals surface area (Å²) in [5, 5.41) is 3.63. The molecule has 0 atom stereocenters. The number of sulfonamides is 1. The third-order valence-electron chi connectivity index (χ3n) is 4.74. The molecular formula is C17H21NO4S3. The van der Waals surface area contributed by atoms with Crippen LogP contribution in [0.3, 0.4) is 0 Å². The molecule has 1 aliphatic rings. The zero-order valence-corrected chi connectivity index (χ0v) is 16.4. The smallest absolute Gasteiger partial charge is 0.349 e. The second-order valence-electron chi connectivity index (χ2n) is 6.25. The minimum Gasteiger partial charge on any atom is -0.465 e. The van der Waals surface area contributed by atoms with Crippen LogP contribution in [0.15, 0.2) is 33.9 Å². The van der Waals surface area contributed by atoms with E-state index in [4.69, 9.17) is 0 Å². The van der Waals surface area contributed by atoms with Crippen LogP contribution in [-0.2, 0) is 20.2 Å². The molecule has 3 rings (SSSR count). The summed E-state index contributed by atoms with van der Waals surface area (Å²) in [6.45, 7) is 0.353. The molecule has 1 N–H and O–H groups in total. The maximum atomic E-state index is 12.8. The molecule has 0 aromatic carbocycles. The van der Waals surface area contributed by atoms with E-state index >= 15 is 0 Å². The highest BCUT2D eigenvalue weighted by Crippen LogP contribution is 2.41. The quantitative estimate of drug-likeness (QED) is 0.751. The SMILES string of the molecule is COC(=O)c1sccc1S(=O)(=O)NCC1(c2cccs2)CCCCC1. The van der Waals surface area contributed by atoms with Gasteiger partial charge < -0.3 is 4.74 Å². The molecule has 0 radical (unpaired) electrons. The van der Waals surface area contributed by atoms with Gasteiger partial charge in [0.1, 0.15) is 9.77 Å². The molecule has 0 saturated heterocycles. The van der Waals surface area contributed by atoms with Crippen LogP contribution < -0.4 is 4.72 Å². The maximum absolute atomic E-state index is 12.8. The van der Waals surface area contributed by atoms with Crippen molar-refractivity contribution in [3.63, 3.8) is 0 Å². The van der Waals surface area contributed by atoms with Crippen molar-refractivity contribution in [2.75, 3.05) is 13.7 Å². The monoisotopic (exact) mass is 399 g/mol. The summed E-state index contributed by atoms with van der Waals surface area (Å²) in [4.78, 5) is 13.1. The third-order valence-corrected chi connectivity index (χ3v) is 8.33. The van der Waals surface area contributed by atoms with Crippen LogP contribution in [-0.4, -0.2) is 28.0 Å². The molecule has 2 aromatic heterocycles. The summed E-state index contributed by atoms with van der Waals surface area (Å²) >= 11 is 2.76. The van der Waals surface area contributed by atoms with Crippen molar-refractivity contribution >= 4 is 38.7 Å². The zero-order chi connectivity index (χ0) is 17.9. The molecule has 0 amide bonds. The first-order valence-corrected chi connectivity index (χ1v) is 11.4. The van der Waals surface area contributed by atoms with Crippen LogP contribution in [0, 0.1) is 0 Å². The molecule has 0 spiro atoms. The molecule has 2 heterocycles. The zero-order valence-electron chi connectivity index (χ0n) is 14.0. The predicted molar refractivity (Wildman–Crippen MR) is 99.9 cm³/mol. The normalized spacial score (nSPS) is 17.3. The number of carbonyl (C=O) groups is 1. The Balaban J connectivity index is 1.83. The molecular weight excluding hydrogens is 378 g/mol. The molecule has 2 aromatic rings. The van der Waals surface area contributed by atoms with Gasteiger partial charge in [-0.1, -0.05) is 25.3 Å². The van der Waals surface area contributed by atoms with Crippen LogP contribution in [0.1, 0.15) is 46.7 Å². The lowest BCUT2D eigenvalue weighted by Crippen LogP contribution is -2.41. The van der Waals surface area contributed by atoms with E-state index in [0.29, 0.717) is 6.54 Å². The van der Waals surface area contributed by atoms with E-state index in [2.05, 4.69) is 15.5 Å². The maximum Gasteiger partial charge on any atom is 0.349 e. The summed E-state index contributed by atoms with van der Waals surface area (Å²) < 4.78 is 33.0. The summed E-state index contributed by atoms with van der Waals surface area (Å²) in [6.07, 6.45) is 5.35. The van der Waals surface area contributed by atoms with E-state index in [1.165, 1.54) is 24.5 Å². The van der Waals surface area contributed by atoms with Crippen LogP contribution in [0.2, 0.25) is 0 Å². The number of ether oxygens (including phenoxy) is 1. The fourth-order valence-electron chi connectivity index (χ4n) is 3.38. The van der Waals surface area contributed by atoms with E-state index in [1.807, 2.05) is 11.4 Å². The van der Waals surface area contributed by atoms with Gasteiger partial charge in [-0.15, -0.1) is 22.7 Å². The highest BCUT2D eigenvalue weighted by molar-refractivity contribution is 7.89. The summed E-state index contributed by atoms with van der Waals surface area (Å²) in [6, 6.07) is 5.56. The van der Waals surface area contributed by atoms with Crippen molar-refractivity contribution in [3.05, 3.63) is 38.7 Å². The number of carbonyl (C=O) groups excluding carboxylic acids is 1. The Morgan fingerprint density at radius 1 is 1.20 bits per heavy atom. The van der Waals surface area contributed by atoms with E-state index in [-0.39, 0.29) is 15.2 Å². The molecule has 1 fully saturated rings. The van der Waals surface area contributed by atoms with Gasteiger partial charge in [0.15, 0.2) is 0 Å². The standard InChI is InChI=1S/C17H21NO4S3/c1-22-16(19)15-13(7-11-24-15)25(20,21)18-12-17(8-3-2-4-9-17)14-6-5-10-23-14/h5-7,10-11,18H,2-4,8-9,12H2,1H3. The first-order valence-electron chi connectivity index (χ1n) is 8.18. The first kappa shape index (κ1) is 18.6. The number of methoxy groups -OCH3 is 1. The van der Waals surface area contributed by atoms with E-state index < -0.39 is 16.0 Å². The van der Waals surface area contributed by atoms with Crippen molar-refractivity contribution in [1.82, 2.24) is 4.72 Å². The predicted octanol–water partition coefficient (Wildman–Crippen LogP) is 3.78. The van der Waals surface area contributed by atoms with Gasteiger partial charge in [-0.2, -0.15) is 0 Å². The van der Waals surface area contributed by atoms with Gasteiger partial charge in [-0.05, 0) is 35.7 Å². The summed E-state index contributed by atoms with van der Waals surface area (Å²) in [5.74, 6) is -0.624. The van der Waals surface area contributed by atoms with Gasteiger partial charge in [-0.25, -0.2) is 17.9 Å². The van der Waals surface area contributed by atoms with Gasteiger partial charge in [0.2, 0.25) is 10.0 Å². The Morgan fingerprint density at radius 3 is 2.60 bits per heavy atom. The molecule has 1 aliphatic carbocycles. The summed E-state index contributed by atoms with van der Waals surface area (Å²) in [7, 11) is -2.52. The lowest BCUT2D eigenvalue weighted by Gasteiger charge is -2.36. The number of thiophene rings is 2. The third kappa shape index (κ3) is 3.81. The Bertz CT molecular complexity index is 818. The average molecular weight is 400 g/mol. The lowest BCUT2D eigenvalue weighted by atomic mass is 9.73. The van der Waals surface area contributed by atoms with Crippen LogP contribution in [0.5, 0.6) is 0 Å². The number of nitrogens with one attached hydrogen (secondary N) is 1. The highest BCUT2D eigenvalue weighted by atomic mass is 32.2. The van der Waals surface area contributed by atoms with E-state index in [0.717, 1.165) is 37.0 Å². The fourth-order valence-corrected chi connectivity index (χ4v) is 6.83. The second-order valence-corrected chi connectivity index (χ2v) is 9.85. The minimum absolute atomic E-state index is 0.00138. The van der Waals surface area contributed by atoms with Crippen LogP contribution >= 0.6 is 22.7 Å². The van der Waals surface area contributed by atoms with Crippen molar-refractivity contribution < 1.29 is 17.9 Å². The Hall–Kier alpha value is -1.22. The van der Waals surface area contributed by atoms with Crippen molar-refractivity contribution in [3.8, 4) is 0 Å². The fraction of sp³-hybridized carbons (Fsp3) is 0.471. The van der Waals surface area contributed by atoms with E-state index in [1.54, 1.807) is 16.7 Å². The van der Waals surface area contributed by atoms with Gasteiger partial charge in [0.25, 0.3) is 0 Å². The number of hydrogen-bond donors (Lipinski definition) is 1. The molecule has 5 nitrogen and oxygen atoms in total. The number of rotatable bonds is 6. The highest BCUT2D eigenvalue weighted by Gasteiger charge is 2.36. The lowest BCUT2D eigenvalue weighted by molar-refractivity contribution is 0.0602. The van der Waals surface area contributed by atoms with Gasteiger partial charge >= 0.3 is 5.97 Å². The Morgan fingerprint density at radius 2 is 1.96 bits per heavy atom. The average Bonchev–Trinajstić information content (AvgIpc) is 3.32. The molecule has 0 aliphatic heterocycles. The molecule has 0 bridgehead atoms. The van der Waals surface area contributed by atoms with Crippen LogP contribution in [0.4, 0.5) is 0 Å². The van der Waals surface area contributed by atoms with Crippen molar-refractivity contribution in [2.45, 2.75) is 42.4 Å². The second kappa shape index (κ2) is 7.57. The molecule has 136 valence electrons. The largest absolute Gasteiger partial charge is 0.465 e. The van der Waals surface area contributed by atoms with Crippen LogP contribution in [0.25, 0.3) is 0 Å². The van der Waals surface area contributed by atoms with Gasteiger partial charge in [-0.3, -0.25) is 0 Å². The van der Waals surface area contributed by atoms with Crippen molar-refractivity contribution in [2.24, 2.45) is 0 Å².